The highest BCUT2D eigenvalue weighted by Crippen LogP contribution is 2.24. The fourth-order valence-electron chi connectivity index (χ4n) is 3.16. The molecule has 0 atom stereocenters. The zero-order chi connectivity index (χ0) is 22.8. The Balaban J connectivity index is 0.00000306. The lowest BCUT2D eigenvalue weighted by Crippen LogP contribution is -2.17. The lowest BCUT2D eigenvalue weighted by Gasteiger charge is -2.12. The van der Waals surface area contributed by atoms with E-state index in [9.17, 15) is 9.59 Å². The highest BCUT2D eigenvalue weighted by molar-refractivity contribution is 6.34. The number of rotatable bonds is 6. The number of amidine groups is 1. The van der Waals surface area contributed by atoms with Crippen LogP contribution in [0.4, 0.5) is 5.82 Å². The van der Waals surface area contributed by atoms with Crippen LogP contribution in [0.5, 0.6) is 0 Å². The first-order valence-corrected chi connectivity index (χ1v) is 10.8. The number of hydrogen-bond acceptors (Lipinski definition) is 4. The molecule has 1 saturated heterocycles. The maximum atomic E-state index is 13.0. The molecule has 1 amide bonds. The normalized spacial score (nSPS) is 12.0. The fourth-order valence-corrected chi connectivity index (χ4v) is 3.73. The molecule has 33 heavy (non-hydrogen) atoms. The zero-order valence-corrected chi connectivity index (χ0v) is 18.9. The first kappa shape index (κ1) is 24.7. The van der Waals surface area contributed by atoms with Crippen molar-refractivity contribution in [3.8, 4) is 0 Å². The molecule has 1 aromatic heterocycles. The summed E-state index contributed by atoms with van der Waals surface area (Å²) < 4.78 is 0. The van der Waals surface area contributed by atoms with Crippen LogP contribution in [-0.2, 0) is 6.42 Å². The summed E-state index contributed by atoms with van der Waals surface area (Å²) in [5.41, 5.74) is 1.75. The van der Waals surface area contributed by atoms with Gasteiger partial charge in [-0.25, -0.2) is 4.98 Å². The molecule has 4 rings (SSSR count). The van der Waals surface area contributed by atoms with Crippen LogP contribution in [0.2, 0.25) is 15.1 Å². The number of anilines is 1. The van der Waals surface area contributed by atoms with E-state index in [0.717, 1.165) is 13.1 Å². The molecule has 170 valence electrons. The van der Waals surface area contributed by atoms with Gasteiger partial charge in [-0.1, -0.05) is 54.4 Å². The fraction of sp³-hybridized carbons (Fsp3) is 0.167. The summed E-state index contributed by atoms with van der Waals surface area (Å²) in [7, 11) is 0. The molecule has 2 N–H and O–H groups in total. The van der Waals surface area contributed by atoms with Gasteiger partial charge in [-0.2, -0.15) is 0 Å². The molecule has 9 heteroatoms. The molecular weight excluding hydrogens is 483 g/mol. The molecule has 0 bridgehead atoms. The standard InChI is InChI=1S/C23H17Cl3N4O2.CH4/c24-15-3-1-13(18(11-15)23(32)29-21-6-4-16(25)12-28-21)10-20(31)17-5-2-14(9-19(17)26)22(27)30-7-8-30;/h1-6,9,11-12,27H,7-8,10H2,(H,28,29,32);1H4. The van der Waals surface area contributed by atoms with Crippen molar-refractivity contribution in [2.75, 3.05) is 18.4 Å². The topological polar surface area (TPSA) is 85.9 Å². The number of Topliss-reactive ketones (excluding diaryl/α,β-unsaturated/α-hetero) is 1. The Morgan fingerprint density at radius 3 is 2.33 bits per heavy atom. The lowest BCUT2D eigenvalue weighted by atomic mass is 9.97. The SMILES string of the molecule is C.N=C(c1ccc(C(=O)Cc2ccc(Cl)cc2C(=O)Nc2ccc(Cl)cn2)c(Cl)c1)N1CC1. The van der Waals surface area contributed by atoms with E-state index in [1.807, 2.05) is 4.90 Å². The average molecular weight is 504 g/mol. The predicted octanol–water partition coefficient (Wildman–Crippen LogP) is 6.00. The van der Waals surface area contributed by atoms with E-state index in [1.165, 1.54) is 12.3 Å². The second-order valence-electron chi connectivity index (χ2n) is 7.25. The molecule has 3 aromatic rings. The number of nitrogens with one attached hydrogen (secondary N) is 2. The van der Waals surface area contributed by atoms with E-state index >= 15 is 0 Å². The van der Waals surface area contributed by atoms with Crippen molar-refractivity contribution in [1.82, 2.24) is 9.88 Å². The Bertz CT molecular complexity index is 1220. The van der Waals surface area contributed by atoms with Gasteiger partial charge in [-0.15, -0.1) is 0 Å². The first-order chi connectivity index (χ1) is 15.3. The number of carbonyl (C=O) groups is 2. The minimum absolute atomic E-state index is 0. The summed E-state index contributed by atoms with van der Waals surface area (Å²) in [5.74, 6) is 0.0156. The Kier molecular flexibility index (Phi) is 7.74. The number of amides is 1. The summed E-state index contributed by atoms with van der Waals surface area (Å²) >= 11 is 18.3. The molecule has 0 aliphatic carbocycles. The van der Waals surface area contributed by atoms with Crippen LogP contribution in [0.1, 0.15) is 39.3 Å². The minimum Gasteiger partial charge on any atom is -0.353 e. The molecule has 1 aliphatic rings. The van der Waals surface area contributed by atoms with Gasteiger partial charge in [0.15, 0.2) is 5.78 Å². The van der Waals surface area contributed by atoms with Gasteiger partial charge in [0.2, 0.25) is 0 Å². The molecule has 0 saturated carbocycles. The molecule has 0 radical (unpaired) electrons. The highest BCUT2D eigenvalue weighted by Gasteiger charge is 2.23. The van der Waals surface area contributed by atoms with E-state index in [2.05, 4.69) is 10.3 Å². The number of carbonyl (C=O) groups excluding carboxylic acids is 2. The molecule has 0 unspecified atom stereocenters. The summed E-state index contributed by atoms with van der Waals surface area (Å²) in [4.78, 5) is 31.8. The molecule has 1 aliphatic heterocycles. The average Bonchev–Trinajstić information content (AvgIpc) is 3.61. The van der Waals surface area contributed by atoms with Gasteiger partial charge in [0.25, 0.3) is 5.91 Å². The summed E-state index contributed by atoms with van der Waals surface area (Å²) in [6.45, 7) is 1.70. The first-order valence-electron chi connectivity index (χ1n) is 9.70. The third-order valence-corrected chi connectivity index (χ3v) is 5.71. The van der Waals surface area contributed by atoms with Gasteiger partial charge in [-0.05, 0) is 42.0 Å². The Hall–Kier alpha value is -2.93. The summed E-state index contributed by atoms with van der Waals surface area (Å²) in [5, 5.41) is 11.9. The zero-order valence-electron chi connectivity index (χ0n) is 16.7. The van der Waals surface area contributed by atoms with E-state index in [1.54, 1.807) is 42.5 Å². The molecule has 2 aromatic carbocycles. The van der Waals surface area contributed by atoms with E-state index in [4.69, 9.17) is 40.2 Å². The number of aromatic nitrogens is 1. The predicted molar refractivity (Wildman–Crippen MR) is 133 cm³/mol. The summed E-state index contributed by atoms with van der Waals surface area (Å²) in [6.07, 6.45) is 1.38. The van der Waals surface area contributed by atoms with Crippen LogP contribution in [0.25, 0.3) is 0 Å². The largest absolute Gasteiger partial charge is 0.353 e. The van der Waals surface area contributed by atoms with Gasteiger partial charge in [0.05, 0.1) is 10.0 Å². The molecule has 0 spiro atoms. The quantitative estimate of drug-likeness (QED) is 0.187. The monoisotopic (exact) mass is 502 g/mol. The molecule has 2 heterocycles. The maximum Gasteiger partial charge on any atom is 0.257 e. The van der Waals surface area contributed by atoms with Crippen LogP contribution in [0.15, 0.2) is 54.7 Å². The number of ketones is 1. The van der Waals surface area contributed by atoms with Gasteiger partial charge in [0, 0.05) is 47.4 Å². The molecule has 6 nitrogen and oxygen atoms in total. The highest BCUT2D eigenvalue weighted by atomic mass is 35.5. The van der Waals surface area contributed by atoms with Crippen molar-refractivity contribution in [3.05, 3.63) is 92.0 Å². The van der Waals surface area contributed by atoms with Gasteiger partial charge >= 0.3 is 0 Å². The van der Waals surface area contributed by atoms with E-state index in [0.29, 0.717) is 38.4 Å². The van der Waals surface area contributed by atoms with Crippen molar-refractivity contribution in [2.24, 2.45) is 0 Å². The Morgan fingerprint density at radius 1 is 0.970 bits per heavy atom. The number of halogens is 3. The van der Waals surface area contributed by atoms with Crippen molar-refractivity contribution < 1.29 is 9.59 Å². The van der Waals surface area contributed by atoms with Crippen molar-refractivity contribution in [2.45, 2.75) is 13.8 Å². The third-order valence-electron chi connectivity index (χ3n) is 4.94. The third kappa shape index (κ3) is 5.90. The van der Waals surface area contributed by atoms with Crippen LogP contribution < -0.4 is 5.32 Å². The van der Waals surface area contributed by atoms with Crippen LogP contribution in [0, 0.1) is 5.41 Å². The van der Waals surface area contributed by atoms with Crippen LogP contribution in [-0.4, -0.2) is 40.5 Å². The Morgan fingerprint density at radius 2 is 1.70 bits per heavy atom. The van der Waals surface area contributed by atoms with Gasteiger partial charge in [0.1, 0.15) is 11.7 Å². The van der Waals surface area contributed by atoms with Crippen LogP contribution in [0.3, 0.4) is 0 Å². The van der Waals surface area contributed by atoms with E-state index in [-0.39, 0.29) is 30.2 Å². The number of hydrogen-bond donors (Lipinski definition) is 2. The van der Waals surface area contributed by atoms with Crippen molar-refractivity contribution in [1.29, 1.82) is 5.41 Å². The molecule has 1 fully saturated rings. The van der Waals surface area contributed by atoms with E-state index < -0.39 is 5.91 Å². The second kappa shape index (κ2) is 10.3. The number of pyridine rings is 1. The Labute approximate surface area is 207 Å². The van der Waals surface area contributed by atoms with Gasteiger partial charge in [-0.3, -0.25) is 15.0 Å². The number of benzene rings is 2. The van der Waals surface area contributed by atoms with Crippen molar-refractivity contribution >= 4 is 58.1 Å². The molecular formula is C24H21Cl3N4O2. The van der Waals surface area contributed by atoms with Crippen molar-refractivity contribution in [3.63, 3.8) is 0 Å². The number of nitrogens with zero attached hydrogens (tertiary/aromatic N) is 2. The second-order valence-corrected chi connectivity index (χ2v) is 8.53. The van der Waals surface area contributed by atoms with Crippen LogP contribution >= 0.6 is 34.8 Å². The van der Waals surface area contributed by atoms with Gasteiger partial charge < -0.3 is 10.2 Å². The lowest BCUT2D eigenvalue weighted by molar-refractivity contribution is 0.0992. The maximum absolute atomic E-state index is 13.0. The minimum atomic E-state index is -0.446. The summed E-state index contributed by atoms with van der Waals surface area (Å²) in [6, 6.07) is 12.9. The smallest absolute Gasteiger partial charge is 0.257 e.